The number of anilines is 1. The van der Waals surface area contributed by atoms with Gasteiger partial charge in [-0.15, -0.1) is 0 Å². The second-order valence-electron chi connectivity index (χ2n) is 10.6. The van der Waals surface area contributed by atoms with Crippen LogP contribution in [0, 0.1) is 5.82 Å². The van der Waals surface area contributed by atoms with Crippen molar-refractivity contribution in [2.24, 2.45) is 0 Å². The van der Waals surface area contributed by atoms with Crippen molar-refractivity contribution in [3.05, 3.63) is 82.7 Å². The number of aromatic nitrogens is 1. The minimum Gasteiger partial charge on any atom is -0.507 e. The third-order valence-electron chi connectivity index (χ3n) is 7.50. The second kappa shape index (κ2) is 11.7. The van der Waals surface area contributed by atoms with Crippen molar-refractivity contribution in [3.63, 3.8) is 0 Å². The van der Waals surface area contributed by atoms with Crippen molar-refractivity contribution in [2.75, 3.05) is 18.1 Å². The summed E-state index contributed by atoms with van der Waals surface area (Å²) in [6.45, 7) is 6.77. The lowest BCUT2D eigenvalue weighted by Gasteiger charge is -2.24. The molecule has 10 heteroatoms. The molecule has 8 nitrogen and oxygen atoms in total. The molecule has 0 aliphatic carbocycles. The van der Waals surface area contributed by atoms with E-state index in [9.17, 15) is 19.1 Å². The summed E-state index contributed by atoms with van der Waals surface area (Å²) in [5.74, 6) is -0.707. The highest BCUT2D eigenvalue weighted by atomic mass is 32.1. The minimum atomic E-state index is -1.03. The van der Waals surface area contributed by atoms with Gasteiger partial charge in [-0.3, -0.25) is 14.5 Å². The molecule has 2 aliphatic heterocycles. The summed E-state index contributed by atoms with van der Waals surface area (Å²) in [7, 11) is 0. The monoisotopic (exact) mass is 602 g/mol. The number of nitrogens with zero attached hydrogens (tertiary/aromatic N) is 2. The van der Waals surface area contributed by atoms with Crippen LogP contribution >= 0.6 is 11.3 Å². The first-order valence-electron chi connectivity index (χ1n) is 14.4. The van der Waals surface area contributed by atoms with E-state index >= 15 is 0 Å². The van der Waals surface area contributed by atoms with Gasteiger partial charge in [0.05, 0.1) is 35.0 Å². The summed E-state index contributed by atoms with van der Waals surface area (Å²) >= 11 is 1.10. The van der Waals surface area contributed by atoms with Crippen LogP contribution in [0.25, 0.3) is 16.0 Å². The number of halogens is 1. The molecule has 0 bridgehead atoms. The first-order chi connectivity index (χ1) is 20.8. The average Bonchev–Trinajstić information content (AvgIpc) is 3.65. The Kier molecular flexibility index (Phi) is 7.79. The van der Waals surface area contributed by atoms with Gasteiger partial charge in [0.2, 0.25) is 0 Å². The van der Waals surface area contributed by atoms with E-state index in [2.05, 4.69) is 11.9 Å². The number of Topliss-reactive ketones (excluding diaryl/α,β-unsaturated/α-hetero) is 1. The SMILES string of the molecule is CCCCOc1ccc([C@@H]2C(=C(O)c3ccc4c(c3)C[C@H](C)O4)C(=O)C(=O)N2c2nc3ccc(F)cc3s2)cc1OCC. The van der Waals surface area contributed by atoms with Crippen molar-refractivity contribution in [1.29, 1.82) is 0 Å². The van der Waals surface area contributed by atoms with Gasteiger partial charge in [0.1, 0.15) is 23.4 Å². The zero-order valence-corrected chi connectivity index (χ0v) is 24.9. The molecular formula is C33H31FN2O6S. The molecule has 222 valence electrons. The molecule has 3 heterocycles. The summed E-state index contributed by atoms with van der Waals surface area (Å²) in [4.78, 5) is 33.3. The number of fused-ring (bicyclic) bond motifs is 2. The Morgan fingerprint density at radius 1 is 1.09 bits per heavy atom. The number of thiazole rings is 1. The number of amides is 1. The third kappa shape index (κ3) is 5.31. The molecule has 1 amide bonds. The zero-order chi connectivity index (χ0) is 30.2. The molecule has 2 atom stereocenters. The van der Waals surface area contributed by atoms with Gasteiger partial charge < -0.3 is 19.3 Å². The lowest BCUT2D eigenvalue weighted by Crippen LogP contribution is -2.29. The molecule has 4 aromatic rings. The highest BCUT2D eigenvalue weighted by Crippen LogP contribution is 2.46. The number of ketones is 1. The Bertz CT molecular complexity index is 1770. The lowest BCUT2D eigenvalue weighted by atomic mass is 9.94. The summed E-state index contributed by atoms with van der Waals surface area (Å²) in [6.07, 6.45) is 2.50. The topological polar surface area (TPSA) is 98.2 Å². The largest absolute Gasteiger partial charge is 0.507 e. The summed E-state index contributed by atoms with van der Waals surface area (Å²) < 4.78 is 32.2. The Labute approximate surface area is 252 Å². The van der Waals surface area contributed by atoms with Gasteiger partial charge in [0, 0.05) is 12.0 Å². The van der Waals surface area contributed by atoms with E-state index in [-0.39, 0.29) is 22.6 Å². The van der Waals surface area contributed by atoms with Crippen LogP contribution in [-0.2, 0) is 16.0 Å². The quantitative estimate of drug-likeness (QED) is 0.0957. The van der Waals surface area contributed by atoms with E-state index in [4.69, 9.17) is 14.2 Å². The van der Waals surface area contributed by atoms with Crippen LogP contribution in [0.2, 0.25) is 0 Å². The maximum atomic E-state index is 14.0. The van der Waals surface area contributed by atoms with Crippen molar-refractivity contribution in [1.82, 2.24) is 4.98 Å². The summed E-state index contributed by atoms with van der Waals surface area (Å²) in [5.41, 5.74) is 2.24. The number of carbonyl (C=O) groups excluding carboxylic acids is 2. The first-order valence-corrected chi connectivity index (χ1v) is 15.2. The standard InChI is InChI=1S/C33H31FN2O6S/c1-4-6-13-41-25-12-7-19(16-26(25)40-5-2)29-28(30(37)20-8-11-24-21(15-20)14-18(3)42-24)31(38)32(39)36(29)33-35-23-10-9-22(34)17-27(23)43-33/h7-12,15-18,29,37H,4-6,13-14H2,1-3H3/t18-,29+/m0/s1. The van der Waals surface area contributed by atoms with Gasteiger partial charge in [-0.25, -0.2) is 9.37 Å². The highest BCUT2D eigenvalue weighted by Gasteiger charge is 2.48. The van der Waals surface area contributed by atoms with Crippen molar-refractivity contribution in [3.8, 4) is 17.2 Å². The molecule has 6 rings (SSSR count). The molecule has 0 spiro atoms. The van der Waals surface area contributed by atoms with E-state index in [0.29, 0.717) is 52.5 Å². The highest BCUT2D eigenvalue weighted by molar-refractivity contribution is 7.22. The van der Waals surface area contributed by atoms with Gasteiger partial charge >= 0.3 is 5.91 Å². The Morgan fingerprint density at radius 3 is 2.72 bits per heavy atom. The fraction of sp³-hybridized carbons (Fsp3) is 0.303. The molecule has 1 aromatic heterocycles. The van der Waals surface area contributed by atoms with Crippen molar-refractivity contribution >= 4 is 44.1 Å². The van der Waals surface area contributed by atoms with E-state index in [0.717, 1.165) is 35.5 Å². The smallest absolute Gasteiger partial charge is 0.301 e. The fourth-order valence-electron chi connectivity index (χ4n) is 5.47. The number of aliphatic hydroxyl groups excluding tert-OH is 1. The van der Waals surface area contributed by atoms with Gasteiger partial charge in [-0.1, -0.05) is 30.7 Å². The van der Waals surface area contributed by atoms with Crippen molar-refractivity contribution in [2.45, 2.75) is 52.2 Å². The van der Waals surface area contributed by atoms with Crippen molar-refractivity contribution < 1.29 is 33.3 Å². The van der Waals surface area contributed by atoms with Crippen LogP contribution in [0.5, 0.6) is 17.2 Å². The van der Waals surface area contributed by atoms with Crippen LogP contribution < -0.4 is 19.1 Å². The van der Waals surface area contributed by atoms with Gasteiger partial charge in [0.25, 0.3) is 5.78 Å². The molecule has 3 aromatic carbocycles. The number of aliphatic hydroxyl groups is 1. The maximum absolute atomic E-state index is 14.0. The number of ether oxygens (including phenoxy) is 3. The Balaban J connectivity index is 1.51. The summed E-state index contributed by atoms with van der Waals surface area (Å²) in [6, 6.07) is 13.6. The van der Waals surface area contributed by atoms with E-state index in [1.807, 2.05) is 13.8 Å². The van der Waals surface area contributed by atoms with Gasteiger partial charge in [-0.2, -0.15) is 0 Å². The van der Waals surface area contributed by atoms with Crippen LogP contribution in [0.4, 0.5) is 9.52 Å². The zero-order valence-electron chi connectivity index (χ0n) is 24.1. The van der Waals surface area contributed by atoms with Gasteiger partial charge in [-0.05, 0) is 79.9 Å². The molecule has 1 N–H and O–H groups in total. The number of carbonyl (C=O) groups is 2. The molecule has 0 unspecified atom stereocenters. The van der Waals surface area contributed by atoms with E-state index in [1.165, 1.54) is 23.1 Å². The van der Waals surface area contributed by atoms with E-state index in [1.54, 1.807) is 36.4 Å². The molecular weight excluding hydrogens is 571 g/mol. The lowest BCUT2D eigenvalue weighted by molar-refractivity contribution is -0.132. The van der Waals surface area contributed by atoms with E-state index < -0.39 is 23.5 Å². The second-order valence-corrected chi connectivity index (χ2v) is 11.6. The average molecular weight is 603 g/mol. The Morgan fingerprint density at radius 2 is 1.93 bits per heavy atom. The summed E-state index contributed by atoms with van der Waals surface area (Å²) in [5, 5.41) is 11.9. The predicted molar refractivity (Wildman–Crippen MR) is 163 cm³/mol. The van der Waals surface area contributed by atoms with Crippen LogP contribution in [0.15, 0.2) is 60.2 Å². The molecule has 2 aliphatic rings. The first kappa shape index (κ1) is 28.7. The Hall–Kier alpha value is -4.44. The van der Waals surface area contributed by atoms with Crippen LogP contribution in [-0.4, -0.2) is 41.1 Å². The minimum absolute atomic E-state index is 0.00288. The molecule has 1 fully saturated rings. The number of benzene rings is 3. The molecule has 43 heavy (non-hydrogen) atoms. The number of hydrogen-bond acceptors (Lipinski definition) is 8. The third-order valence-corrected chi connectivity index (χ3v) is 8.52. The fourth-order valence-corrected chi connectivity index (χ4v) is 6.49. The maximum Gasteiger partial charge on any atom is 0.301 e. The van der Waals surface area contributed by atoms with Gasteiger partial charge in [0.15, 0.2) is 16.6 Å². The molecule has 1 saturated heterocycles. The predicted octanol–water partition coefficient (Wildman–Crippen LogP) is 6.96. The number of unbranched alkanes of at least 4 members (excludes halogenated alkanes) is 1. The van der Waals surface area contributed by atoms with Crippen LogP contribution in [0.3, 0.4) is 0 Å². The number of hydrogen-bond donors (Lipinski definition) is 1. The molecule has 0 saturated carbocycles. The molecule has 0 radical (unpaired) electrons. The normalized spacial score (nSPS) is 19.1. The van der Waals surface area contributed by atoms with Crippen LogP contribution in [0.1, 0.15) is 56.3 Å². The number of rotatable bonds is 9.